The number of nitrogens with zero attached hydrogens (tertiary/aromatic N) is 1. The van der Waals surface area contributed by atoms with Crippen LogP contribution in [-0.2, 0) is 4.74 Å². The Hall–Kier alpha value is -1.00. The summed E-state index contributed by atoms with van der Waals surface area (Å²) in [6, 6.07) is 3.09. The molecule has 1 fully saturated rings. The van der Waals surface area contributed by atoms with Gasteiger partial charge in [0.2, 0.25) is 0 Å². The van der Waals surface area contributed by atoms with E-state index in [0.29, 0.717) is 0 Å². The molecule has 0 spiro atoms. The molecular formula is C10H13FN2O. The number of pyridine rings is 1. The second-order valence-corrected chi connectivity index (χ2v) is 3.32. The molecule has 0 aliphatic carbocycles. The molecule has 1 aromatic heterocycles. The zero-order valence-corrected chi connectivity index (χ0v) is 7.87. The van der Waals surface area contributed by atoms with Gasteiger partial charge in [0.1, 0.15) is 11.9 Å². The standard InChI is InChI=1S/C10H13FN2O/c11-8-2-3-9(13-6-8)10-7-12-4-1-5-14-10/h2-3,6,10,12H,1,4-5,7H2. The van der Waals surface area contributed by atoms with Crippen molar-refractivity contribution in [1.29, 1.82) is 0 Å². The summed E-state index contributed by atoms with van der Waals surface area (Å²) in [6.07, 6.45) is 2.19. The minimum absolute atomic E-state index is 0.0434. The number of hydrogen-bond acceptors (Lipinski definition) is 3. The van der Waals surface area contributed by atoms with Crippen molar-refractivity contribution in [3.8, 4) is 0 Å². The van der Waals surface area contributed by atoms with Crippen LogP contribution in [0.4, 0.5) is 4.39 Å². The van der Waals surface area contributed by atoms with Crippen LogP contribution in [0.1, 0.15) is 18.2 Å². The van der Waals surface area contributed by atoms with Crippen LogP contribution >= 0.6 is 0 Å². The average molecular weight is 196 g/mol. The van der Waals surface area contributed by atoms with E-state index in [-0.39, 0.29) is 11.9 Å². The molecule has 0 bridgehead atoms. The number of nitrogens with one attached hydrogen (secondary N) is 1. The third-order valence-corrected chi connectivity index (χ3v) is 2.23. The summed E-state index contributed by atoms with van der Waals surface area (Å²) in [5, 5.41) is 3.25. The molecule has 1 saturated heterocycles. The van der Waals surface area contributed by atoms with E-state index in [9.17, 15) is 4.39 Å². The van der Waals surface area contributed by atoms with E-state index < -0.39 is 0 Å². The fourth-order valence-corrected chi connectivity index (χ4v) is 1.48. The largest absolute Gasteiger partial charge is 0.371 e. The van der Waals surface area contributed by atoms with Crippen molar-refractivity contribution < 1.29 is 9.13 Å². The Bertz CT molecular complexity index is 281. The number of halogens is 1. The van der Waals surface area contributed by atoms with Crippen molar-refractivity contribution in [2.75, 3.05) is 19.7 Å². The molecule has 3 nitrogen and oxygen atoms in total. The van der Waals surface area contributed by atoms with Gasteiger partial charge >= 0.3 is 0 Å². The van der Waals surface area contributed by atoms with Crippen LogP contribution in [0.3, 0.4) is 0 Å². The molecule has 1 aromatic rings. The predicted octanol–water partition coefficient (Wildman–Crippen LogP) is 1.27. The summed E-state index contributed by atoms with van der Waals surface area (Å²) in [5.74, 6) is -0.310. The summed E-state index contributed by atoms with van der Waals surface area (Å²) in [4.78, 5) is 4.00. The Morgan fingerprint density at radius 1 is 1.50 bits per heavy atom. The molecule has 0 saturated carbocycles. The van der Waals surface area contributed by atoms with Crippen LogP contribution in [0.5, 0.6) is 0 Å². The molecule has 1 aliphatic heterocycles. The second-order valence-electron chi connectivity index (χ2n) is 3.32. The van der Waals surface area contributed by atoms with E-state index in [2.05, 4.69) is 10.3 Å². The Morgan fingerprint density at radius 3 is 3.21 bits per heavy atom. The number of hydrogen-bond donors (Lipinski definition) is 1. The topological polar surface area (TPSA) is 34.1 Å². The number of rotatable bonds is 1. The monoisotopic (exact) mass is 196 g/mol. The first-order chi connectivity index (χ1) is 6.86. The zero-order valence-electron chi connectivity index (χ0n) is 7.87. The Kier molecular flexibility index (Phi) is 3.06. The Morgan fingerprint density at radius 2 is 2.43 bits per heavy atom. The lowest BCUT2D eigenvalue weighted by Crippen LogP contribution is -2.20. The minimum Gasteiger partial charge on any atom is -0.371 e. The van der Waals surface area contributed by atoms with Gasteiger partial charge in [0.05, 0.1) is 11.9 Å². The first-order valence-corrected chi connectivity index (χ1v) is 4.80. The third kappa shape index (κ3) is 2.27. The van der Waals surface area contributed by atoms with Crippen LogP contribution in [0.15, 0.2) is 18.3 Å². The molecule has 4 heteroatoms. The quantitative estimate of drug-likeness (QED) is 0.734. The predicted molar refractivity (Wildman–Crippen MR) is 50.4 cm³/mol. The summed E-state index contributed by atoms with van der Waals surface area (Å²) in [6.45, 7) is 2.45. The van der Waals surface area contributed by atoms with Crippen LogP contribution in [0, 0.1) is 5.82 Å². The Labute approximate surface area is 82.3 Å². The highest BCUT2D eigenvalue weighted by molar-refractivity contribution is 5.09. The van der Waals surface area contributed by atoms with Crippen LogP contribution in [-0.4, -0.2) is 24.7 Å². The van der Waals surface area contributed by atoms with E-state index in [4.69, 9.17) is 4.74 Å². The van der Waals surface area contributed by atoms with Crippen molar-refractivity contribution in [3.05, 3.63) is 29.8 Å². The van der Waals surface area contributed by atoms with Crippen molar-refractivity contribution in [3.63, 3.8) is 0 Å². The Balaban J connectivity index is 2.08. The highest BCUT2D eigenvalue weighted by Crippen LogP contribution is 2.16. The zero-order chi connectivity index (χ0) is 9.80. The van der Waals surface area contributed by atoms with E-state index in [0.717, 1.165) is 31.8 Å². The van der Waals surface area contributed by atoms with Gasteiger partial charge in [0, 0.05) is 13.2 Å². The molecule has 1 unspecified atom stereocenters. The minimum atomic E-state index is -0.310. The van der Waals surface area contributed by atoms with Crippen molar-refractivity contribution in [2.45, 2.75) is 12.5 Å². The first-order valence-electron chi connectivity index (χ1n) is 4.80. The average Bonchev–Trinajstić information content (AvgIpc) is 2.47. The molecule has 0 aromatic carbocycles. The van der Waals surface area contributed by atoms with E-state index in [1.165, 1.54) is 12.3 Å². The lowest BCUT2D eigenvalue weighted by atomic mass is 10.2. The number of ether oxygens (including phenoxy) is 1. The fourth-order valence-electron chi connectivity index (χ4n) is 1.48. The highest BCUT2D eigenvalue weighted by atomic mass is 19.1. The van der Waals surface area contributed by atoms with Gasteiger partial charge in [-0.2, -0.15) is 0 Å². The lowest BCUT2D eigenvalue weighted by Gasteiger charge is -2.13. The number of aromatic nitrogens is 1. The van der Waals surface area contributed by atoms with E-state index in [1.807, 2.05) is 0 Å². The molecular weight excluding hydrogens is 183 g/mol. The lowest BCUT2D eigenvalue weighted by molar-refractivity contribution is 0.0638. The van der Waals surface area contributed by atoms with Crippen LogP contribution < -0.4 is 5.32 Å². The van der Waals surface area contributed by atoms with Gasteiger partial charge in [-0.05, 0) is 25.1 Å². The van der Waals surface area contributed by atoms with Gasteiger partial charge in [0.15, 0.2) is 0 Å². The molecule has 0 radical (unpaired) electrons. The van der Waals surface area contributed by atoms with Gasteiger partial charge < -0.3 is 10.1 Å². The molecule has 0 amide bonds. The molecule has 2 rings (SSSR count). The van der Waals surface area contributed by atoms with Gasteiger partial charge in [-0.15, -0.1) is 0 Å². The summed E-state index contributed by atoms with van der Waals surface area (Å²) < 4.78 is 18.2. The van der Waals surface area contributed by atoms with Gasteiger partial charge in [0.25, 0.3) is 0 Å². The van der Waals surface area contributed by atoms with Crippen molar-refractivity contribution in [2.24, 2.45) is 0 Å². The molecule has 14 heavy (non-hydrogen) atoms. The smallest absolute Gasteiger partial charge is 0.141 e. The maximum atomic E-state index is 12.6. The summed E-state index contributed by atoms with van der Waals surface area (Å²) in [5.41, 5.74) is 0.792. The second kappa shape index (κ2) is 4.48. The third-order valence-electron chi connectivity index (χ3n) is 2.23. The van der Waals surface area contributed by atoms with Crippen LogP contribution in [0.2, 0.25) is 0 Å². The van der Waals surface area contributed by atoms with Gasteiger partial charge in [-0.1, -0.05) is 0 Å². The van der Waals surface area contributed by atoms with E-state index in [1.54, 1.807) is 6.07 Å². The maximum absolute atomic E-state index is 12.6. The fraction of sp³-hybridized carbons (Fsp3) is 0.500. The maximum Gasteiger partial charge on any atom is 0.141 e. The molecule has 1 N–H and O–H groups in total. The molecule has 1 aliphatic rings. The van der Waals surface area contributed by atoms with Crippen LogP contribution in [0.25, 0.3) is 0 Å². The van der Waals surface area contributed by atoms with Crippen molar-refractivity contribution >= 4 is 0 Å². The summed E-state index contributed by atoms with van der Waals surface area (Å²) >= 11 is 0. The van der Waals surface area contributed by atoms with Crippen molar-refractivity contribution in [1.82, 2.24) is 10.3 Å². The van der Waals surface area contributed by atoms with Gasteiger partial charge in [-0.3, -0.25) is 4.98 Å². The molecule has 76 valence electrons. The highest BCUT2D eigenvalue weighted by Gasteiger charge is 2.15. The normalized spacial score (nSPS) is 23.1. The summed E-state index contributed by atoms with van der Waals surface area (Å²) in [7, 11) is 0. The van der Waals surface area contributed by atoms with Gasteiger partial charge in [-0.25, -0.2) is 4.39 Å². The molecule has 2 heterocycles. The van der Waals surface area contributed by atoms with E-state index >= 15 is 0 Å². The first kappa shape index (κ1) is 9.55. The SMILES string of the molecule is Fc1ccc(C2CNCCCO2)nc1. The molecule has 1 atom stereocenters.